The third kappa shape index (κ3) is 2.70. The number of hydrogen-bond donors (Lipinski definition) is 0. The van der Waals surface area contributed by atoms with Crippen LogP contribution in [-0.2, 0) is 17.1 Å². The Morgan fingerprint density at radius 1 is 1.35 bits per heavy atom. The lowest BCUT2D eigenvalue weighted by atomic mass is 10.1. The molecular formula is C15H23N5O2S. The predicted molar refractivity (Wildman–Crippen MR) is 91.1 cm³/mol. The molecule has 2 aromatic heterocycles. The molecule has 1 saturated heterocycles. The van der Waals surface area contributed by atoms with Gasteiger partial charge in [-0.15, -0.1) is 0 Å². The number of aryl methyl sites for hydroxylation is 2. The smallest absolute Gasteiger partial charge is 0.218 e. The first kappa shape index (κ1) is 16.2. The molecule has 1 aliphatic heterocycles. The Morgan fingerprint density at radius 3 is 2.78 bits per heavy atom. The minimum atomic E-state index is -3.24. The van der Waals surface area contributed by atoms with E-state index in [9.17, 15) is 8.42 Å². The maximum atomic E-state index is 12.5. The first-order chi connectivity index (χ1) is 10.8. The van der Waals surface area contributed by atoms with Gasteiger partial charge < -0.3 is 4.90 Å². The molecule has 7 nitrogen and oxygen atoms in total. The molecule has 3 heterocycles. The number of fused-ring (bicyclic) bond motifs is 1. The summed E-state index contributed by atoms with van der Waals surface area (Å²) in [5.74, 6) is 0. The van der Waals surface area contributed by atoms with E-state index in [1.807, 2.05) is 20.0 Å². The van der Waals surface area contributed by atoms with Crippen molar-refractivity contribution in [2.45, 2.75) is 25.0 Å². The lowest BCUT2D eigenvalue weighted by Crippen LogP contribution is -2.46. The summed E-state index contributed by atoms with van der Waals surface area (Å²) >= 11 is 0. The van der Waals surface area contributed by atoms with E-state index in [0.717, 1.165) is 35.4 Å². The fraction of sp³-hybridized carbons (Fsp3) is 0.600. The van der Waals surface area contributed by atoms with Gasteiger partial charge in [0.15, 0.2) is 5.65 Å². The molecule has 0 amide bonds. The number of aromatic nitrogens is 3. The van der Waals surface area contributed by atoms with Gasteiger partial charge >= 0.3 is 0 Å². The second-order valence-electron chi connectivity index (χ2n) is 6.28. The van der Waals surface area contributed by atoms with Crippen LogP contribution in [-0.4, -0.2) is 59.9 Å². The zero-order chi connectivity index (χ0) is 16.8. The highest BCUT2D eigenvalue weighted by molar-refractivity contribution is 7.89. The molecule has 0 aliphatic carbocycles. The fourth-order valence-corrected chi connectivity index (χ4v) is 4.75. The molecule has 1 atom stereocenters. The molecule has 1 fully saturated rings. The second kappa shape index (κ2) is 5.76. The van der Waals surface area contributed by atoms with Gasteiger partial charge in [0, 0.05) is 40.4 Å². The van der Waals surface area contributed by atoms with E-state index in [1.165, 1.54) is 4.31 Å². The van der Waals surface area contributed by atoms with Crippen molar-refractivity contribution in [2.75, 3.05) is 32.1 Å². The van der Waals surface area contributed by atoms with Crippen LogP contribution < -0.4 is 4.90 Å². The molecule has 0 radical (unpaired) electrons. The highest BCUT2D eigenvalue weighted by Crippen LogP contribution is 2.31. The van der Waals surface area contributed by atoms with E-state index in [1.54, 1.807) is 25.0 Å². The molecule has 23 heavy (non-hydrogen) atoms. The van der Waals surface area contributed by atoms with E-state index < -0.39 is 10.0 Å². The van der Waals surface area contributed by atoms with Crippen LogP contribution in [0.2, 0.25) is 0 Å². The number of anilines is 1. The van der Waals surface area contributed by atoms with Crippen LogP contribution in [0.25, 0.3) is 11.0 Å². The first-order valence-electron chi connectivity index (χ1n) is 7.77. The van der Waals surface area contributed by atoms with Crippen LogP contribution in [0.1, 0.15) is 18.5 Å². The second-order valence-corrected chi connectivity index (χ2v) is 8.70. The first-order valence-corrected chi connectivity index (χ1v) is 9.27. The van der Waals surface area contributed by atoms with Crippen molar-refractivity contribution < 1.29 is 8.42 Å². The van der Waals surface area contributed by atoms with Gasteiger partial charge in [0.25, 0.3) is 0 Å². The minimum absolute atomic E-state index is 0.369. The lowest BCUT2D eigenvalue weighted by molar-refractivity contribution is 0.479. The Balaban J connectivity index is 2.00. The standard InChI is InChI=1S/C15H23N5O2S/c1-11-14-13(7-8-16-15(14)19(4)17-11)20-9-5-6-12(10-20)23(21,22)18(2)3/h7-8,12H,5-6,9-10H2,1-4H3/t12-/m0/s1. The normalized spacial score (nSPS) is 19.7. The van der Waals surface area contributed by atoms with E-state index >= 15 is 0 Å². The Kier molecular flexibility index (Phi) is 4.05. The van der Waals surface area contributed by atoms with Crippen LogP contribution in [0.3, 0.4) is 0 Å². The number of sulfonamides is 1. The summed E-state index contributed by atoms with van der Waals surface area (Å²) in [6.45, 7) is 3.33. The number of rotatable bonds is 3. The molecule has 8 heteroatoms. The molecule has 2 aromatic rings. The van der Waals surface area contributed by atoms with Gasteiger partial charge in [-0.2, -0.15) is 5.10 Å². The molecule has 3 rings (SSSR count). The quantitative estimate of drug-likeness (QED) is 0.840. The Morgan fingerprint density at radius 2 is 2.09 bits per heavy atom. The lowest BCUT2D eigenvalue weighted by Gasteiger charge is -2.35. The zero-order valence-corrected chi connectivity index (χ0v) is 14.8. The topological polar surface area (TPSA) is 71.3 Å². The number of piperidine rings is 1. The number of hydrogen-bond acceptors (Lipinski definition) is 5. The largest absolute Gasteiger partial charge is 0.369 e. The molecule has 0 N–H and O–H groups in total. The van der Waals surface area contributed by atoms with Crippen molar-refractivity contribution >= 4 is 26.7 Å². The SMILES string of the molecule is Cc1nn(C)c2nccc(N3CCC[C@H](S(=O)(=O)N(C)C)C3)c12. The predicted octanol–water partition coefficient (Wildman–Crippen LogP) is 1.14. The van der Waals surface area contributed by atoms with Crippen molar-refractivity contribution in [3.05, 3.63) is 18.0 Å². The van der Waals surface area contributed by atoms with E-state index in [4.69, 9.17) is 0 Å². The van der Waals surface area contributed by atoms with Crippen LogP contribution in [0.4, 0.5) is 5.69 Å². The summed E-state index contributed by atoms with van der Waals surface area (Å²) in [6.07, 6.45) is 3.33. The van der Waals surface area contributed by atoms with Crippen LogP contribution in [0, 0.1) is 6.92 Å². The Bertz CT molecular complexity index is 828. The van der Waals surface area contributed by atoms with Crippen LogP contribution in [0.15, 0.2) is 12.3 Å². The molecule has 0 spiro atoms. The molecule has 0 saturated carbocycles. The van der Waals surface area contributed by atoms with Crippen molar-refractivity contribution in [2.24, 2.45) is 7.05 Å². The van der Waals surface area contributed by atoms with Gasteiger partial charge in [0.2, 0.25) is 10.0 Å². The molecule has 0 aromatic carbocycles. The van der Waals surface area contributed by atoms with Crippen molar-refractivity contribution in [3.8, 4) is 0 Å². The Hall–Kier alpha value is -1.67. The average molecular weight is 337 g/mol. The van der Waals surface area contributed by atoms with Gasteiger partial charge in [0.05, 0.1) is 22.0 Å². The van der Waals surface area contributed by atoms with Gasteiger partial charge in [-0.1, -0.05) is 0 Å². The molecule has 0 bridgehead atoms. The molecule has 0 unspecified atom stereocenters. The summed E-state index contributed by atoms with van der Waals surface area (Å²) in [5, 5.41) is 5.09. The van der Waals surface area contributed by atoms with Crippen molar-refractivity contribution in [1.82, 2.24) is 19.1 Å². The maximum Gasteiger partial charge on any atom is 0.218 e. The summed E-state index contributed by atoms with van der Waals surface area (Å²) < 4.78 is 28.0. The number of nitrogens with zero attached hydrogens (tertiary/aromatic N) is 5. The van der Waals surface area contributed by atoms with Crippen molar-refractivity contribution in [3.63, 3.8) is 0 Å². The third-order valence-electron chi connectivity index (χ3n) is 4.53. The number of pyridine rings is 1. The summed E-state index contributed by atoms with van der Waals surface area (Å²) in [5.41, 5.74) is 2.78. The van der Waals surface area contributed by atoms with E-state index in [0.29, 0.717) is 13.0 Å². The molecule has 1 aliphatic rings. The summed E-state index contributed by atoms with van der Waals surface area (Å²) in [7, 11) is 1.84. The molecule has 126 valence electrons. The maximum absolute atomic E-state index is 12.5. The van der Waals surface area contributed by atoms with Crippen LogP contribution >= 0.6 is 0 Å². The monoisotopic (exact) mass is 337 g/mol. The van der Waals surface area contributed by atoms with Crippen LogP contribution in [0.5, 0.6) is 0 Å². The van der Waals surface area contributed by atoms with Crippen molar-refractivity contribution in [1.29, 1.82) is 0 Å². The van der Waals surface area contributed by atoms with Gasteiger partial charge in [-0.25, -0.2) is 17.7 Å². The van der Waals surface area contributed by atoms with E-state index in [2.05, 4.69) is 15.0 Å². The molecular weight excluding hydrogens is 314 g/mol. The average Bonchev–Trinajstić information content (AvgIpc) is 2.82. The highest BCUT2D eigenvalue weighted by atomic mass is 32.2. The fourth-order valence-electron chi connectivity index (χ4n) is 3.32. The van der Waals surface area contributed by atoms with Gasteiger partial charge in [0.1, 0.15) is 0 Å². The van der Waals surface area contributed by atoms with E-state index in [-0.39, 0.29) is 5.25 Å². The van der Waals surface area contributed by atoms with Gasteiger partial charge in [-0.3, -0.25) is 4.68 Å². The minimum Gasteiger partial charge on any atom is -0.369 e. The summed E-state index contributed by atoms with van der Waals surface area (Å²) in [6, 6.07) is 1.96. The summed E-state index contributed by atoms with van der Waals surface area (Å²) in [4.78, 5) is 6.56. The third-order valence-corrected chi connectivity index (χ3v) is 6.77. The Labute approximate surface area is 136 Å². The highest BCUT2D eigenvalue weighted by Gasteiger charge is 2.33. The van der Waals surface area contributed by atoms with Gasteiger partial charge in [-0.05, 0) is 25.8 Å². The zero-order valence-electron chi connectivity index (χ0n) is 14.0.